The van der Waals surface area contributed by atoms with Gasteiger partial charge in [0.1, 0.15) is 5.75 Å². The highest BCUT2D eigenvalue weighted by Gasteiger charge is 2.35. The van der Waals surface area contributed by atoms with E-state index in [1.165, 1.54) is 0 Å². The molecule has 2 aromatic carbocycles. The Morgan fingerprint density at radius 3 is 2.62 bits per heavy atom. The molecule has 4 rings (SSSR count). The minimum absolute atomic E-state index is 0.214. The van der Waals surface area contributed by atoms with Crippen LogP contribution in [0.2, 0.25) is 0 Å². The SMILES string of the molecule is COCCN1C(=O)NC(c2cccc(OC)c2)C(c2nc(-c3ccc(C)cc3)no2)=C1C. The molecule has 1 aromatic heterocycles. The number of rotatable bonds is 7. The molecule has 2 heterocycles. The quantitative estimate of drug-likeness (QED) is 0.600. The molecule has 0 saturated heterocycles. The van der Waals surface area contributed by atoms with Gasteiger partial charge in [-0.2, -0.15) is 4.98 Å². The van der Waals surface area contributed by atoms with Crippen molar-refractivity contribution in [3.05, 3.63) is 71.2 Å². The normalized spacial score (nSPS) is 16.3. The predicted octanol–water partition coefficient (Wildman–Crippen LogP) is 4.20. The first-order chi connectivity index (χ1) is 15.5. The molecule has 0 saturated carbocycles. The number of nitrogens with zero attached hydrogens (tertiary/aromatic N) is 3. The lowest BCUT2D eigenvalue weighted by atomic mass is 9.94. The van der Waals surface area contributed by atoms with E-state index in [4.69, 9.17) is 14.0 Å². The van der Waals surface area contributed by atoms with Crippen molar-refractivity contribution in [2.45, 2.75) is 19.9 Å². The summed E-state index contributed by atoms with van der Waals surface area (Å²) in [6.45, 7) is 4.71. The molecule has 1 aliphatic heterocycles. The van der Waals surface area contributed by atoms with Crippen LogP contribution in [0.1, 0.15) is 30.0 Å². The van der Waals surface area contributed by atoms with Crippen LogP contribution in [0.25, 0.3) is 17.0 Å². The van der Waals surface area contributed by atoms with Gasteiger partial charge in [0, 0.05) is 18.4 Å². The van der Waals surface area contributed by atoms with Crippen molar-refractivity contribution in [3.63, 3.8) is 0 Å². The summed E-state index contributed by atoms with van der Waals surface area (Å²) in [6, 6.07) is 14.8. The zero-order valence-electron chi connectivity index (χ0n) is 18.6. The van der Waals surface area contributed by atoms with E-state index in [2.05, 4.69) is 15.5 Å². The first-order valence-electron chi connectivity index (χ1n) is 10.3. The minimum atomic E-state index is -0.470. The van der Waals surface area contributed by atoms with Crippen LogP contribution in [0.3, 0.4) is 0 Å². The third kappa shape index (κ3) is 4.22. The molecule has 1 aliphatic rings. The number of ether oxygens (including phenoxy) is 2. The fraction of sp³-hybridized carbons (Fsp3) is 0.292. The van der Waals surface area contributed by atoms with Crippen LogP contribution < -0.4 is 10.1 Å². The number of nitrogens with one attached hydrogen (secondary N) is 1. The van der Waals surface area contributed by atoms with Gasteiger partial charge in [-0.1, -0.05) is 47.1 Å². The van der Waals surface area contributed by atoms with Crippen molar-refractivity contribution in [1.29, 1.82) is 0 Å². The highest BCUT2D eigenvalue weighted by Crippen LogP contribution is 2.38. The second-order valence-corrected chi connectivity index (χ2v) is 7.59. The van der Waals surface area contributed by atoms with E-state index in [1.54, 1.807) is 19.1 Å². The summed E-state index contributed by atoms with van der Waals surface area (Å²) in [7, 11) is 3.21. The van der Waals surface area contributed by atoms with Gasteiger partial charge in [0.2, 0.25) is 5.82 Å². The summed E-state index contributed by atoms with van der Waals surface area (Å²) < 4.78 is 16.3. The molecule has 0 spiro atoms. The van der Waals surface area contributed by atoms with Crippen molar-refractivity contribution in [2.24, 2.45) is 0 Å². The molecule has 3 aromatic rings. The molecular weight excluding hydrogens is 408 g/mol. The van der Waals surface area contributed by atoms with E-state index in [9.17, 15) is 4.79 Å². The summed E-state index contributed by atoms with van der Waals surface area (Å²) in [4.78, 5) is 19.2. The average Bonchev–Trinajstić information content (AvgIpc) is 3.28. The van der Waals surface area contributed by atoms with E-state index < -0.39 is 6.04 Å². The van der Waals surface area contributed by atoms with Crippen LogP contribution in [0, 0.1) is 6.92 Å². The maximum Gasteiger partial charge on any atom is 0.322 e. The average molecular weight is 434 g/mol. The molecule has 1 N–H and O–H groups in total. The van der Waals surface area contributed by atoms with Gasteiger partial charge in [0.15, 0.2) is 0 Å². The van der Waals surface area contributed by atoms with Crippen molar-refractivity contribution in [1.82, 2.24) is 20.4 Å². The summed E-state index contributed by atoms with van der Waals surface area (Å²) >= 11 is 0. The smallest absolute Gasteiger partial charge is 0.322 e. The molecule has 32 heavy (non-hydrogen) atoms. The maximum absolute atomic E-state index is 12.9. The van der Waals surface area contributed by atoms with Crippen molar-refractivity contribution in [3.8, 4) is 17.1 Å². The summed E-state index contributed by atoms with van der Waals surface area (Å²) in [5.41, 5.74) is 4.34. The van der Waals surface area contributed by atoms with E-state index in [1.807, 2.05) is 62.4 Å². The van der Waals surface area contributed by atoms with Crippen molar-refractivity contribution < 1.29 is 18.8 Å². The molecular formula is C24H26N4O4. The minimum Gasteiger partial charge on any atom is -0.497 e. The van der Waals surface area contributed by atoms with Gasteiger partial charge < -0.3 is 19.3 Å². The van der Waals surface area contributed by atoms with Gasteiger partial charge in [0.05, 0.1) is 31.9 Å². The van der Waals surface area contributed by atoms with Gasteiger partial charge in [-0.3, -0.25) is 4.90 Å². The lowest BCUT2D eigenvalue weighted by molar-refractivity contribution is 0.158. The van der Waals surface area contributed by atoms with E-state index in [-0.39, 0.29) is 6.03 Å². The molecule has 8 heteroatoms. The molecule has 0 radical (unpaired) electrons. The molecule has 0 aliphatic carbocycles. The van der Waals surface area contributed by atoms with Gasteiger partial charge in [-0.15, -0.1) is 0 Å². The van der Waals surface area contributed by atoms with Gasteiger partial charge in [0.25, 0.3) is 5.89 Å². The Hall–Kier alpha value is -3.65. The number of hydrogen-bond acceptors (Lipinski definition) is 6. The fourth-order valence-corrected chi connectivity index (χ4v) is 3.73. The third-order valence-corrected chi connectivity index (χ3v) is 5.51. The van der Waals surface area contributed by atoms with E-state index in [0.29, 0.717) is 30.6 Å². The first kappa shape index (κ1) is 21.6. The number of hydrogen-bond donors (Lipinski definition) is 1. The van der Waals surface area contributed by atoms with Crippen molar-refractivity contribution >= 4 is 11.6 Å². The second-order valence-electron chi connectivity index (χ2n) is 7.59. The molecule has 0 bridgehead atoms. The molecule has 1 atom stereocenters. The van der Waals surface area contributed by atoms with Crippen LogP contribution in [-0.2, 0) is 4.74 Å². The first-order valence-corrected chi connectivity index (χ1v) is 10.3. The standard InChI is InChI=1S/C24H26N4O4/c1-15-8-10-17(11-9-15)22-26-23(32-27-22)20-16(2)28(12-13-30-3)24(29)25-21(20)18-6-5-7-19(14-18)31-4/h5-11,14,21H,12-13H2,1-4H3,(H,25,29). The number of amides is 2. The topological polar surface area (TPSA) is 89.7 Å². The zero-order valence-corrected chi connectivity index (χ0v) is 18.6. The number of benzene rings is 2. The van der Waals surface area contributed by atoms with Crippen molar-refractivity contribution in [2.75, 3.05) is 27.4 Å². The number of carbonyl (C=O) groups is 1. The Morgan fingerprint density at radius 1 is 1.12 bits per heavy atom. The van der Waals surface area contributed by atoms with Crippen LogP contribution in [-0.4, -0.2) is 48.4 Å². The predicted molar refractivity (Wildman–Crippen MR) is 120 cm³/mol. The Labute approximate surface area is 186 Å². The van der Waals surface area contributed by atoms with Gasteiger partial charge in [-0.05, 0) is 31.5 Å². The molecule has 1 unspecified atom stereocenters. The van der Waals surface area contributed by atoms with Crippen LogP contribution in [0.5, 0.6) is 5.75 Å². The highest BCUT2D eigenvalue weighted by molar-refractivity contribution is 5.87. The van der Waals surface area contributed by atoms with Crippen LogP contribution >= 0.6 is 0 Å². The maximum atomic E-state index is 12.9. The van der Waals surface area contributed by atoms with E-state index in [0.717, 1.165) is 28.0 Å². The van der Waals surface area contributed by atoms with Crippen LogP contribution in [0.4, 0.5) is 4.79 Å². The summed E-state index contributed by atoms with van der Waals surface area (Å²) in [5.74, 6) is 1.54. The number of allylic oxidation sites excluding steroid dienone is 1. The molecule has 8 nitrogen and oxygen atoms in total. The zero-order chi connectivity index (χ0) is 22.7. The fourth-order valence-electron chi connectivity index (χ4n) is 3.73. The number of urea groups is 1. The largest absolute Gasteiger partial charge is 0.497 e. The summed E-state index contributed by atoms with van der Waals surface area (Å²) in [5, 5.41) is 7.26. The highest BCUT2D eigenvalue weighted by atomic mass is 16.5. The number of aromatic nitrogens is 2. The Morgan fingerprint density at radius 2 is 1.91 bits per heavy atom. The summed E-state index contributed by atoms with van der Waals surface area (Å²) in [6.07, 6.45) is 0. The lowest BCUT2D eigenvalue weighted by Crippen LogP contribution is -2.47. The van der Waals surface area contributed by atoms with Crippen LogP contribution in [0.15, 0.2) is 58.8 Å². The lowest BCUT2D eigenvalue weighted by Gasteiger charge is -2.35. The monoisotopic (exact) mass is 434 g/mol. The number of methoxy groups -OCH3 is 2. The molecule has 2 amide bonds. The third-order valence-electron chi connectivity index (χ3n) is 5.51. The Balaban J connectivity index is 1.80. The molecule has 0 fully saturated rings. The second kappa shape index (κ2) is 9.23. The Kier molecular flexibility index (Phi) is 6.23. The molecule has 166 valence electrons. The van der Waals surface area contributed by atoms with Gasteiger partial charge in [-0.25, -0.2) is 4.79 Å². The Bertz CT molecular complexity index is 1140. The van der Waals surface area contributed by atoms with E-state index >= 15 is 0 Å². The number of carbonyl (C=O) groups excluding carboxylic acids is 1. The number of aryl methyl sites for hydroxylation is 1. The van der Waals surface area contributed by atoms with Gasteiger partial charge >= 0.3 is 6.03 Å².